The Kier molecular flexibility index (Phi) is 1.40. The van der Waals surface area contributed by atoms with Crippen molar-refractivity contribution < 1.29 is 0 Å². The molecule has 0 radical (unpaired) electrons. The third-order valence-electron chi connectivity index (χ3n) is 1.41. The summed E-state index contributed by atoms with van der Waals surface area (Å²) in [7, 11) is 0. The van der Waals surface area contributed by atoms with E-state index in [9.17, 15) is 4.79 Å². The quantitative estimate of drug-likeness (QED) is 0.661. The van der Waals surface area contributed by atoms with Gasteiger partial charge in [-0.05, 0) is 12.1 Å². The number of hydrogen-bond acceptors (Lipinski definition) is 2. The van der Waals surface area contributed by atoms with Crippen molar-refractivity contribution in [1.29, 1.82) is 0 Å². The first-order chi connectivity index (χ1) is 5.36. The van der Waals surface area contributed by atoms with Crippen LogP contribution < -0.4 is 4.87 Å². The number of aromatic nitrogens is 2. The fourth-order valence-corrected chi connectivity index (χ4v) is 1.49. The Bertz CT molecular complexity index is 384. The zero-order chi connectivity index (χ0) is 7.68. The van der Waals surface area contributed by atoms with Gasteiger partial charge in [0.15, 0.2) is 0 Å². The van der Waals surface area contributed by atoms with Gasteiger partial charge in [-0.15, -0.1) is 0 Å². The van der Waals surface area contributed by atoms with Gasteiger partial charge in [-0.25, -0.2) is 0 Å². The molecule has 0 atom stereocenters. The van der Waals surface area contributed by atoms with Crippen LogP contribution in [-0.2, 0) is 0 Å². The molecule has 0 aliphatic carbocycles. The van der Waals surface area contributed by atoms with Gasteiger partial charge in [0.05, 0.1) is 11.4 Å². The highest BCUT2D eigenvalue weighted by molar-refractivity contribution is 7.07. The second-order valence-corrected chi connectivity index (χ2v) is 2.99. The van der Waals surface area contributed by atoms with E-state index in [0.717, 1.165) is 11.4 Å². The summed E-state index contributed by atoms with van der Waals surface area (Å²) >= 11 is 1.17. The molecule has 0 bridgehead atoms. The van der Waals surface area contributed by atoms with Crippen LogP contribution >= 0.6 is 11.3 Å². The van der Waals surface area contributed by atoms with Crippen LogP contribution in [0.1, 0.15) is 0 Å². The molecule has 0 saturated carbocycles. The van der Waals surface area contributed by atoms with Crippen LogP contribution in [0.15, 0.2) is 28.5 Å². The average Bonchev–Trinajstić information content (AvgIpc) is 2.55. The summed E-state index contributed by atoms with van der Waals surface area (Å²) < 4.78 is 0. The fraction of sp³-hybridized carbons (Fsp3) is 0. The van der Waals surface area contributed by atoms with Crippen LogP contribution in [-0.4, -0.2) is 9.97 Å². The van der Waals surface area contributed by atoms with E-state index in [1.165, 1.54) is 11.3 Å². The maximum Gasteiger partial charge on any atom is 0.304 e. The highest BCUT2D eigenvalue weighted by atomic mass is 32.1. The first-order valence-electron chi connectivity index (χ1n) is 3.18. The van der Waals surface area contributed by atoms with Gasteiger partial charge in [0.1, 0.15) is 0 Å². The molecule has 0 saturated heterocycles. The summed E-state index contributed by atoms with van der Waals surface area (Å²) in [5.74, 6) is 0. The minimum atomic E-state index is -0.0189. The van der Waals surface area contributed by atoms with Crippen molar-refractivity contribution >= 4 is 11.3 Å². The van der Waals surface area contributed by atoms with Crippen molar-refractivity contribution in [1.82, 2.24) is 9.97 Å². The van der Waals surface area contributed by atoms with Crippen molar-refractivity contribution in [3.8, 4) is 11.4 Å². The Labute approximate surface area is 66.7 Å². The third-order valence-corrected chi connectivity index (χ3v) is 2.08. The number of hydrogen-bond donors (Lipinski definition) is 2. The number of aromatic amines is 2. The second-order valence-electron chi connectivity index (χ2n) is 2.15. The third kappa shape index (κ3) is 1.12. The van der Waals surface area contributed by atoms with Gasteiger partial charge in [0, 0.05) is 11.6 Å². The van der Waals surface area contributed by atoms with E-state index in [-0.39, 0.29) is 4.87 Å². The lowest BCUT2D eigenvalue weighted by atomic mass is 10.3. The van der Waals surface area contributed by atoms with E-state index in [0.29, 0.717) is 0 Å². The van der Waals surface area contributed by atoms with Crippen LogP contribution in [0.5, 0.6) is 0 Å². The summed E-state index contributed by atoms with van der Waals surface area (Å²) in [5.41, 5.74) is 1.80. The van der Waals surface area contributed by atoms with Gasteiger partial charge in [0.2, 0.25) is 0 Å². The number of thiazole rings is 1. The van der Waals surface area contributed by atoms with Gasteiger partial charge in [-0.1, -0.05) is 11.3 Å². The summed E-state index contributed by atoms with van der Waals surface area (Å²) in [4.78, 5) is 16.4. The molecule has 2 rings (SSSR count). The molecular weight excluding hydrogens is 160 g/mol. The smallest absolute Gasteiger partial charge is 0.304 e. The molecule has 2 N–H and O–H groups in total. The zero-order valence-corrected chi connectivity index (χ0v) is 6.44. The standard InChI is InChI=1S/C7H6N2OS/c10-7-9-6(4-11-7)5-2-1-3-8-5/h1-4,8H,(H,9,10). The summed E-state index contributed by atoms with van der Waals surface area (Å²) in [5, 5.41) is 1.80. The summed E-state index contributed by atoms with van der Waals surface area (Å²) in [6, 6.07) is 3.81. The maximum absolute atomic E-state index is 10.7. The fourth-order valence-electron chi connectivity index (χ4n) is 0.910. The van der Waals surface area contributed by atoms with E-state index in [1.54, 1.807) is 5.38 Å². The monoisotopic (exact) mass is 166 g/mol. The molecule has 0 aliphatic rings. The Morgan fingerprint density at radius 2 is 2.27 bits per heavy atom. The van der Waals surface area contributed by atoms with E-state index >= 15 is 0 Å². The molecule has 3 nitrogen and oxygen atoms in total. The normalized spacial score (nSPS) is 10.2. The van der Waals surface area contributed by atoms with E-state index < -0.39 is 0 Å². The topological polar surface area (TPSA) is 48.6 Å². The zero-order valence-electron chi connectivity index (χ0n) is 5.63. The molecule has 4 heteroatoms. The van der Waals surface area contributed by atoms with Gasteiger partial charge in [-0.3, -0.25) is 4.79 Å². The lowest BCUT2D eigenvalue weighted by Crippen LogP contribution is -1.91. The van der Waals surface area contributed by atoms with Crippen molar-refractivity contribution in [3.63, 3.8) is 0 Å². The molecule has 56 valence electrons. The molecule has 0 spiro atoms. The van der Waals surface area contributed by atoms with Crippen LogP contribution in [0, 0.1) is 0 Å². The number of rotatable bonds is 1. The molecule has 0 aliphatic heterocycles. The van der Waals surface area contributed by atoms with Crippen LogP contribution in [0.3, 0.4) is 0 Å². The van der Waals surface area contributed by atoms with Crippen molar-refractivity contribution in [2.75, 3.05) is 0 Å². The highest BCUT2D eigenvalue weighted by Gasteiger charge is 1.98. The molecule has 0 unspecified atom stereocenters. The summed E-state index contributed by atoms with van der Waals surface area (Å²) in [6.07, 6.45) is 1.82. The predicted molar refractivity (Wildman–Crippen MR) is 44.7 cm³/mol. The van der Waals surface area contributed by atoms with Crippen molar-refractivity contribution in [2.24, 2.45) is 0 Å². The second kappa shape index (κ2) is 2.39. The molecule has 2 heterocycles. The SMILES string of the molecule is O=c1[nH]c(-c2ccc[nH]2)cs1. The van der Waals surface area contributed by atoms with Gasteiger partial charge < -0.3 is 9.97 Å². The lowest BCUT2D eigenvalue weighted by Gasteiger charge is -1.87. The molecule has 0 aromatic carbocycles. The van der Waals surface area contributed by atoms with Crippen LogP contribution in [0.25, 0.3) is 11.4 Å². The van der Waals surface area contributed by atoms with Gasteiger partial charge in [0.25, 0.3) is 0 Å². The van der Waals surface area contributed by atoms with Crippen molar-refractivity contribution in [2.45, 2.75) is 0 Å². The Balaban J connectivity index is 2.53. The largest absolute Gasteiger partial charge is 0.360 e. The van der Waals surface area contributed by atoms with Crippen LogP contribution in [0.4, 0.5) is 0 Å². The minimum Gasteiger partial charge on any atom is -0.360 e. The maximum atomic E-state index is 10.7. The van der Waals surface area contributed by atoms with E-state index in [1.807, 2.05) is 18.3 Å². The molecule has 2 aromatic rings. The Hall–Kier alpha value is -1.29. The van der Waals surface area contributed by atoms with E-state index in [2.05, 4.69) is 9.97 Å². The van der Waals surface area contributed by atoms with E-state index in [4.69, 9.17) is 0 Å². The van der Waals surface area contributed by atoms with Gasteiger partial charge >= 0.3 is 4.87 Å². The first-order valence-corrected chi connectivity index (χ1v) is 4.06. The van der Waals surface area contributed by atoms with Gasteiger partial charge in [-0.2, -0.15) is 0 Å². The highest BCUT2D eigenvalue weighted by Crippen LogP contribution is 2.12. The lowest BCUT2D eigenvalue weighted by molar-refractivity contribution is 1.29. The molecule has 11 heavy (non-hydrogen) atoms. The molecule has 0 amide bonds. The molecule has 0 fully saturated rings. The molecular formula is C7H6N2OS. The number of nitrogens with one attached hydrogen (secondary N) is 2. The first kappa shape index (κ1) is 6.42. The summed E-state index contributed by atoms with van der Waals surface area (Å²) in [6.45, 7) is 0. The Morgan fingerprint density at radius 1 is 1.36 bits per heavy atom. The molecule has 2 aromatic heterocycles. The average molecular weight is 166 g/mol. The number of H-pyrrole nitrogens is 2. The minimum absolute atomic E-state index is 0.0189. The van der Waals surface area contributed by atoms with Crippen LogP contribution in [0.2, 0.25) is 0 Å². The van der Waals surface area contributed by atoms with Crippen molar-refractivity contribution in [3.05, 3.63) is 33.4 Å². The predicted octanol–water partition coefficient (Wildman–Crippen LogP) is 1.43. The Morgan fingerprint density at radius 3 is 2.82 bits per heavy atom.